The van der Waals surface area contributed by atoms with Gasteiger partial charge in [-0.2, -0.15) is 0 Å². The number of rotatable bonds is 56. The molecule has 77 heavy (non-hydrogen) atoms. The molecule has 0 aliphatic carbocycles. The number of carboxylic acid groups (broad SMARTS) is 4. The van der Waals surface area contributed by atoms with Crippen molar-refractivity contribution in [1.82, 2.24) is 0 Å². The topological polar surface area (TPSA) is 149 Å². The maximum Gasteiger partial charge on any atom is 0.320 e. The summed E-state index contributed by atoms with van der Waals surface area (Å²) in [6, 6.07) is 0. The first-order valence-electron chi connectivity index (χ1n) is 30.8. The monoisotopic (exact) mass is 1160 g/mol. The SMILES string of the molecule is C.C=CC(SCCCCCCCCCCCC)C(=O)O.C=CC(SCCCCCCCCCCCC)C(=O)O.C=CC(SCCCCCCCCCCCC)C(=O)O.C=CC(SCCCCCCCCCCCC)C(=O)O. The summed E-state index contributed by atoms with van der Waals surface area (Å²) in [5, 5.41) is 33.6. The lowest BCUT2D eigenvalue weighted by atomic mass is 10.1. The smallest absolute Gasteiger partial charge is 0.320 e. The van der Waals surface area contributed by atoms with Crippen LogP contribution in [0.5, 0.6) is 0 Å². The van der Waals surface area contributed by atoms with Crippen molar-refractivity contribution in [3.63, 3.8) is 0 Å². The molecule has 0 heterocycles. The van der Waals surface area contributed by atoms with Crippen LogP contribution in [0.15, 0.2) is 50.6 Å². The second-order valence-corrected chi connectivity index (χ2v) is 25.2. The maximum atomic E-state index is 10.8. The molecule has 456 valence electrons. The van der Waals surface area contributed by atoms with Crippen LogP contribution in [0.3, 0.4) is 0 Å². The van der Waals surface area contributed by atoms with Gasteiger partial charge in [0.2, 0.25) is 0 Å². The first-order chi connectivity index (χ1) is 36.9. The van der Waals surface area contributed by atoms with Crippen molar-refractivity contribution >= 4 is 70.9 Å². The fourth-order valence-corrected chi connectivity index (χ4v) is 11.8. The summed E-state index contributed by atoms with van der Waals surface area (Å²) in [4.78, 5) is 43.0. The molecule has 4 unspecified atom stereocenters. The van der Waals surface area contributed by atoms with Crippen LogP contribution in [-0.2, 0) is 19.2 Å². The Bertz CT molecular complexity index is 1110. The lowest BCUT2D eigenvalue weighted by Crippen LogP contribution is -2.13. The van der Waals surface area contributed by atoms with Crippen molar-refractivity contribution in [2.24, 2.45) is 0 Å². The van der Waals surface area contributed by atoms with Crippen LogP contribution in [-0.4, -0.2) is 88.3 Å². The number of hydrogen-bond donors (Lipinski definition) is 4. The van der Waals surface area contributed by atoms with E-state index >= 15 is 0 Å². The number of hydrogen-bond acceptors (Lipinski definition) is 8. The predicted molar refractivity (Wildman–Crippen MR) is 350 cm³/mol. The molecule has 0 amide bonds. The van der Waals surface area contributed by atoms with Crippen molar-refractivity contribution in [2.75, 3.05) is 23.0 Å². The minimum atomic E-state index is -0.771. The molecule has 0 aliphatic rings. The van der Waals surface area contributed by atoms with E-state index in [1.165, 1.54) is 303 Å². The Labute approximate surface area is 494 Å². The molecule has 0 rings (SSSR count). The number of carbonyl (C=O) groups is 4. The van der Waals surface area contributed by atoms with E-state index in [-0.39, 0.29) is 7.43 Å². The van der Waals surface area contributed by atoms with Gasteiger partial charge in [-0.15, -0.1) is 73.4 Å². The molecule has 0 aliphatic heterocycles. The largest absolute Gasteiger partial charge is 0.480 e. The second kappa shape index (κ2) is 72.3. The van der Waals surface area contributed by atoms with Gasteiger partial charge in [0.1, 0.15) is 21.0 Å². The van der Waals surface area contributed by atoms with Gasteiger partial charge in [-0.05, 0) is 48.7 Å². The molecule has 0 aromatic rings. The van der Waals surface area contributed by atoms with Gasteiger partial charge in [-0.25, -0.2) is 0 Å². The number of thioether (sulfide) groups is 4. The van der Waals surface area contributed by atoms with Crippen LogP contribution < -0.4 is 0 Å². The van der Waals surface area contributed by atoms with Crippen molar-refractivity contribution in [1.29, 1.82) is 0 Å². The normalized spacial score (nSPS) is 12.1. The molecule has 0 fully saturated rings. The highest BCUT2D eigenvalue weighted by atomic mass is 32.2. The van der Waals surface area contributed by atoms with Crippen molar-refractivity contribution in [3.8, 4) is 0 Å². The summed E-state index contributed by atoms with van der Waals surface area (Å²) < 4.78 is 0. The Morgan fingerprint density at radius 2 is 0.390 bits per heavy atom. The van der Waals surface area contributed by atoms with Crippen LogP contribution in [0.1, 0.15) is 292 Å². The van der Waals surface area contributed by atoms with Gasteiger partial charge in [0.25, 0.3) is 0 Å². The van der Waals surface area contributed by atoms with E-state index in [1.54, 1.807) is 0 Å². The zero-order valence-corrected chi connectivity index (χ0v) is 52.9. The van der Waals surface area contributed by atoms with E-state index in [4.69, 9.17) is 20.4 Å². The standard InChI is InChI=1S/4C16H30O2S.CH4/c4*1-3-5-6-7-8-9-10-11-12-13-14-19-15(4-2)16(17)18;/h4*4,15H,2-3,5-14H2,1H3,(H,17,18);1H4. The Balaban J connectivity index is -0.000000298. The molecule has 0 bridgehead atoms. The van der Waals surface area contributed by atoms with E-state index in [0.717, 1.165) is 48.7 Å². The second-order valence-electron chi connectivity index (χ2n) is 20.2. The highest BCUT2D eigenvalue weighted by Gasteiger charge is 2.15. The van der Waals surface area contributed by atoms with Crippen molar-refractivity contribution in [3.05, 3.63) is 50.6 Å². The third-order valence-electron chi connectivity index (χ3n) is 13.0. The molecule has 4 atom stereocenters. The Hall–Kier alpha value is -1.76. The maximum absolute atomic E-state index is 10.8. The highest BCUT2D eigenvalue weighted by Crippen LogP contribution is 2.21. The van der Waals surface area contributed by atoms with Gasteiger partial charge in [-0.1, -0.05) is 291 Å². The summed E-state index contributed by atoms with van der Waals surface area (Å²) in [5.74, 6) is 0.635. The zero-order valence-electron chi connectivity index (χ0n) is 49.6. The Morgan fingerprint density at radius 3 is 0.494 bits per heavy atom. The average molecular weight is 1160 g/mol. The molecule has 0 spiro atoms. The quantitative estimate of drug-likeness (QED) is 0.0339. The van der Waals surface area contributed by atoms with E-state index in [2.05, 4.69) is 54.0 Å². The minimum Gasteiger partial charge on any atom is -0.480 e. The molecule has 0 saturated carbocycles. The molecular formula is C65H124O8S4. The molecule has 8 nitrogen and oxygen atoms in total. The van der Waals surface area contributed by atoms with E-state index < -0.39 is 44.9 Å². The number of carboxylic acids is 4. The molecular weight excluding hydrogens is 1040 g/mol. The first kappa shape index (κ1) is 84.1. The summed E-state index contributed by atoms with van der Waals surface area (Å²) in [6.07, 6.45) is 58.9. The van der Waals surface area contributed by atoms with E-state index in [0.29, 0.717) is 0 Å². The van der Waals surface area contributed by atoms with Crippen LogP contribution in [0, 0.1) is 0 Å². The first-order valence-corrected chi connectivity index (χ1v) is 35.0. The summed E-state index contributed by atoms with van der Waals surface area (Å²) in [7, 11) is 0. The lowest BCUT2D eigenvalue weighted by molar-refractivity contribution is -0.136. The van der Waals surface area contributed by atoms with Crippen LogP contribution in [0.2, 0.25) is 0 Å². The number of unbranched alkanes of at least 4 members (excludes halogenated alkanes) is 36. The van der Waals surface area contributed by atoms with Gasteiger partial charge in [0, 0.05) is 0 Å². The minimum absolute atomic E-state index is 0. The van der Waals surface area contributed by atoms with E-state index in [9.17, 15) is 19.2 Å². The molecule has 0 radical (unpaired) electrons. The molecule has 12 heteroatoms. The van der Waals surface area contributed by atoms with Gasteiger partial charge in [0.15, 0.2) is 0 Å². The van der Waals surface area contributed by atoms with Gasteiger partial charge in [0.05, 0.1) is 0 Å². The molecule has 4 N–H and O–H groups in total. The van der Waals surface area contributed by atoms with Gasteiger partial charge >= 0.3 is 23.9 Å². The zero-order chi connectivity index (χ0) is 57.4. The third-order valence-corrected chi connectivity index (χ3v) is 18.1. The molecule has 0 aromatic carbocycles. The fraction of sp³-hybridized carbons (Fsp3) is 0.815. The van der Waals surface area contributed by atoms with E-state index in [1.807, 2.05) is 0 Å². The number of aliphatic carboxylic acids is 4. The fourth-order valence-electron chi connectivity index (χ4n) is 8.16. The summed E-state index contributed by atoms with van der Waals surface area (Å²) in [6.45, 7) is 23.2. The van der Waals surface area contributed by atoms with Crippen molar-refractivity contribution < 1.29 is 39.6 Å². The highest BCUT2D eigenvalue weighted by molar-refractivity contribution is 8.01. The van der Waals surface area contributed by atoms with Gasteiger partial charge in [-0.3, -0.25) is 19.2 Å². The Kier molecular flexibility index (Phi) is 78.9. The van der Waals surface area contributed by atoms with Crippen molar-refractivity contribution in [2.45, 2.75) is 313 Å². The van der Waals surface area contributed by atoms with Crippen LogP contribution in [0.25, 0.3) is 0 Å². The predicted octanol–water partition coefficient (Wildman–Crippen LogP) is 21.8. The molecule has 0 saturated heterocycles. The summed E-state index contributed by atoms with van der Waals surface area (Å²) >= 11 is 5.96. The molecule has 0 aromatic heterocycles. The van der Waals surface area contributed by atoms with Crippen LogP contribution >= 0.6 is 47.0 Å². The van der Waals surface area contributed by atoms with Gasteiger partial charge < -0.3 is 20.4 Å². The summed E-state index contributed by atoms with van der Waals surface area (Å²) in [5.41, 5.74) is 0. The lowest BCUT2D eigenvalue weighted by Gasteiger charge is -2.06. The van der Waals surface area contributed by atoms with Crippen LogP contribution in [0.4, 0.5) is 0 Å². The average Bonchev–Trinajstić information content (AvgIpc) is 3.40. The Morgan fingerprint density at radius 1 is 0.273 bits per heavy atom. The third kappa shape index (κ3) is 70.3.